The minimum absolute atomic E-state index is 0.395. The number of ketones is 1. The minimum Gasteiger partial charge on any atom is -0.299 e. The van der Waals surface area contributed by atoms with E-state index in [0.29, 0.717) is 11.7 Å². The lowest BCUT2D eigenvalue weighted by Crippen LogP contribution is -2.04. The summed E-state index contributed by atoms with van der Waals surface area (Å²) in [5.41, 5.74) is 0. The Kier molecular flexibility index (Phi) is 4.06. The first-order valence-corrected chi connectivity index (χ1v) is 5.02. The van der Waals surface area contributed by atoms with Crippen LogP contribution in [0.3, 0.4) is 0 Å². The zero-order valence-corrected chi connectivity index (χ0v) is 7.88. The van der Waals surface area contributed by atoms with Gasteiger partial charge in [-0.2, -0.15) is 0 Å². The zero-order chi connectivity index (χ0) is 8.81. The van der Waals surface area contributed by atoms with Crippen LogP contribution in [0.5, 0.6) is 0 Å². The molecule has 0 saturated heterocycles. The summed E-state index contributed by atoms with van der Waals surface area (Å²) < 4.78 is 0. The summed E-state index contributed by atoms with van der Waals surface area (Å²) in [6.45, 7) is 2.14. The Balaban J connectivity index is 2.14. The molecule has 0 aromatic heterocycles. The van der Waals surface area contributed by atoms with E-state index in [1.165, 1.54) is 0 Å². The van der Waals surface area contributed by atoms with Crippen molar-refractivity contribution in [1.82, 2.24) is 0 Å². The van der Waals surface area contributed by atoms with Gasteiger partial charge in [0, 0.05) is 12.3 Å². The molecule has 0 spiro atoms. The van der Waals surface area contributed by atoms with Crippen molar-refractivity contribution < 1.29 is 4.79 Å². The van der Waals surface area contributed by atoms with Gasteiger partial charge in [-0.15, -0.1) is 0 Å². The first-order chi connectivity index (χ1) is 5.84. The first-order valence-electron chi connectivity index (χ1n) is 5.02. The van der Waals surface area contributed by atoms with Gasteiger partial charge < -0.3 is 0 Å². The van der Waals surface area contributed by atoms with Crippen LogP contribution in [0.25, 0.3) is 0 Å². The van der Waals surface area contributed by atoms with Crippen molar-refractivity contribution >= 4 is 5.78 Å². The highest BCUT2D eigenvalue weighted by atomic mass is 16.1. The van der Waals surface area contributed by atoms with Crippen LogP contribution in [0.2, 0.25) is 0 Å². The van der Waals surface area contributed by atoms with Crippen LogP contribution >= 0.6 is 0 Å². The molecule has 1 nitrogen and oxygen atoms in total. The predicted octanol–water partition coefficient (Wildman–Crippen LogP) is 3.10. The van der Waals surface area contributed by atoms with Crippen molar-refractivity contribution in [2.24, 2.45) is 5.92 Å². The third-order valence-corrected chi connectivity index (χ3v) is 2.52. The molecule has 12 heavy (non-hydrogen) atoms. The fraction of sp³-hybridized carbons (Fsp3) is 0.727. The van der Waals surface area contributed by atoms with Crippen LogP contribution < -0.4 is 0 Å². The van der Waals surface area contributed by atoms with Crippen molar-refractivity contribution in [1.29, 1.82) is 0 Å². The SMILES string of the molecule is CC/C=C\CC[C@@H]1CCCC1=O. The Morgan fingerprint density at radius 3 is 2.92 bits per heavy atom. The molecule has 0 aromatic carbocycles. The average Bonchev–Trinajstić information content (AvgIpc) is 2.46. The van der Waals surface area contributed by atoms with Crippen LogP contribution in [0, 0.1) is 5.92 Å². The summed E-state index contributed by atoms with van der Waals surface area (Å²) in [7, 11) is 0. The van der Waals surface area contributed by atoms with Gasteiger partial charge in [-0.05, 0) is 32.1 Å². The predicted molar refractivity (Wildman–Crippen MR) is 51.0 cm³/mol. The fourth-order valence-corrected chi connectivity index (χ4v) is 1.78. The van der Waals surface area contributed by atoms with Crippen LogP contribution in [-0.2, 0) is 4.79 Å². The second-order valence-corrected chi connectivity index (χ2v) is 3.51. The Labute approximate surface area is 74.9 Å². The molecule has 1 atom stereocenters. The Morgan fingerprint density at radius 1 is 1.50 bits per heavy atom. The number of hydrogen-bond donors (Lipinski definition) is 0. The molecule has 0 aromatic rings. The maximum atomic E-state index is 11.2. The summed E-state index contributed by atoms with van der Waals surface area (Å²) in [6.07, 6.45) is 10.8. The molecule has 0 amide bonds. The molecule has 0 N–H and O–H groups in total. The van der Waals surface area contributed by atoms with Crippen LogP contribution in [-0.4, -0.2) is 5.78 Å². The van der Waals surface area contributed by atoms with Gasteiger partial charge in [-0.3, -0.25) is 4.79 Å². The summed E-state index contributed by atoms with van der Waals surface area (Å²) in [5, 5.41) is 0. The Bertz CT molecular complexity index is 170. The van der Waals surface area contributed by atoms with Crippen LogP contribution in [0.15, 0.2) is 12.2 Å². The summed E-state index contributed by atoms with van der Waals surface area (Å²) in [5.74, 6) is 0.895. The van der Waals surface area contributed by atoms with Crippen molar-refractivity contribution in [2.75, 3.05) is 0 Å². The summed E-state index contributed by atoms with van der Waals surface area (Å²) >= 11 is 0. The molecule has 0 unspecified atom stereocenters. The fourth-order valence-electron chi connectivity index (χ4n) is 1.78. The van der Waals surface area contributed by atoms with E-state index in [9.17, 15) is 4.79 Å². The van der Waals surface area contributed by atoms with Crippen LogP contribution in [0.1, 0.15) is 45.4 Å². The van der Waals surface area contributed by atoms with Gasteiger partial charge in [0.25, 0.3) is 0 Å². The molecule has 0 bridgehead atoms. The standard InChI is InChI=1S/C11H18O/c1-2-3-4-5-7-10-8-6-9-11(10)12/h3-4,10H,2,5-9H2,1H3/b4-3-/t10-/m1/s1. The highest BCUT2D eigenvalue weighted by molar-refractivity contribution is 5.82. The second-order valence-electron chi connectivity index (χ2n) is 3.51. The van der Waals surface area contributed by atoms with Gasteiger partial charge >= 0.3 is 0 Å². The van der Waals surface area contributed by atoms with Gasteiger partial charge in [-0.25, -0.2) is 0 Å². The molecule has 68 valence electrons. The van der Waals surface area contributed by atoms with E-state index in [-0.39, 0.29) is 0 Å². The molecular weight excluding hydrogens is 148 g/mol. The Hall–Kier alpha value is -0.590. The van der Waals surface area contributed by atoms with Gasteiger partial charge in [0.05, 0.1) is 0 Å². The minimum atomic E-state index is 0.395. The molecule has 0 radical (unpaired) electrons. The molecule has 1 aliphatic carbocycles. The van der Waals surface area contributed by atoms with Crippen molar-refractivity contribution in [3.05, 3.63) is 12.2 Å². The lowest BCUT2D eigenvalue weighted by Gasteiger charge is -2.03. The molecule has 1 heteroatoms. The number of carbonyl (C=O) groups excluding carboxylic acids is 1. The highest BCUT2D eigenvalue weighted by Gasteiger charge is 2.22. The quantitative estimate of drug-likeness (QED) is 0.586. The molecule has 0 aliphatic heterocycles. The van der Waals surface area contributed by atoms with Gasteiger partial charge in [-0.1, -0.05) is 19.1 Å². The highest BCUT2D eigenvalue weighted by Crippen LogP contribution is 2.25. The first kappa shape index (κ1) is 9.50. The van der Waals surface area contributed by atoms with Crippen molar-refractivity contribution in [2.45, 2.75) is 45.4 Å². The van der Waals surface area contributed by atoms with E-state index in [1.807, 2.05) is 0 Å². The molecule has 1 aliphatic rings. The number of hydrogen-bond acceptors (Lipinski definition) is 1. The molecule has 1 fully saturated rings. The number of carbonyl (C=O) groups is 1. The average molecular weight is 166 g/mol. The smallest absolute Gasteiger partial charge is 0.135 e. The van der Waals surface area contributed by atoms with E-state index in [2.05, 4.69) is 19.1 Å². The second kappa shape index (κ2) is 5.13. The van der Waals surface area contributed by atoms with Gasteiger partial charge in [0.2, 0.25) is 0 Å². The topological polar surface area (TPSA) is 17.1 Å². The number of allylic oxidation sites excluding steroid dienone is 2. The number of rotatable bonds is 4. The lowest BCUT2D eigenvalue weighted by atomic mass is 10.0. The molecule has 1 rings (SSSR count). The third-order valence-electron chi connectivity index (χ3n) is 2.52. The monoisotopic (exact) mass is 166 g/mol. The normalized spacial score (nSPS) is 24.1. The zero-order valence-electron chi connectivity index (χ0n) is 7.88. The maximum absolute atomic E-state index is 11.2. The number of Topliss-reactive ketones (excluding diaryl/α,β-unsaturated/α-hetero) is 1. The summed E-state index contributed by atoms with van der Waals surface area (Å²) in [4.78, 5) is 11.2. The molecule has 0 heterocycles. The van der Waals surface area contributed by atoms with Crippen molar-refractivity contribution in [3.63, 3.8) is 0 Å². The molecule has 1 saturated carbocycles. The Morgan fingerprint density at radius 2 is 2.33 bits per heavy atom. The maximum Gasteiger partial charge on any atom is 0.135 e. The van der Waals surface area contributed by atoms with E-state index in [1.54, 1.807) is 0 Å². The van der Waals surface area contributed by atoms with E-state index < -0.39 is 0 Å². The van der Waals surface area contributed by atoms with E-state index in [4.69, 9.17) is 0 Å². The largest absolute Gasteiger partial charge is 0.299 e. The summed E-state index contributed by atoms with van der Waals surface area (Å²) in [6, 6.07) is 0. The van der Waals surface area contributed by atoms with Crippen LogP contribution in [0.4, 0.5) is 0 Å². The van der Waals surface area contributed by atoms with Crippen molar-refractivity contribution in [3.8, 4) is 0 Å². The van der Waals surface area contributed by atoms with Gasteiger partial charge in [0.15, 0.2) is 0 Å². The van der Waals surface area contributed by atoms with E-state index in [0.717, 1.165) is 38.5 Å². The van der Waals surface area contributed by atoms with E-state index >= 15 is 0 Å². The molecular formula is C11H18O. The third kappa shape index (κ3) is 2.80. The lowest BCUT2D eigenvalue weighted by molar-refractivity contribution is -0.120. The van der Waals surface area contributed by atoms with Gasteiger partial charge in [0.1, 0.15) is 5.78 Å².